The summed E-state index contributed by atoms with van der Waals surface area (Å²) in [5.41, 5.74) is 3.42. The third kappa shape index (κ3) is 0.639. The number of fused-ring (bicyclic) bond motifs is 4. The van der Waals surface area contributed by atoms with Gasteiger partial charge in [-0.15, -0.1) is 0 Å². The summed E-state index contributed by atoms with van der Waals surface area (Å²) in [5.74, 6) is 0. The van der Waals surface area contributed by atoms with E-state index in [4.69, 9.17) is 0 Å². The van der Waals surface area contributed by atoms with Gasteiger partial charge in [0.1, 0.15) is 0 Å². The lowest BCUT2D eigenvalue weighted by Crippen LogP contribution is -2.53. The van der Waals surface area contributed by atoms with Gasteiger partial charge < -0.3 is 0 Å². The van der Waals surface area contributed by atoms with E-state index in [9.17, 15) is 0 Å². The average molecular weight is 182 g/mol. The normalized spacial score (nSPS) is 37.3. The molecule has 0 spiro atoms. The van der Waals surface area contributed by atoms with Gasteiger partial charge in [-0.05, 0) is 11.1 Å². The van der Waals surface area contributed by atoms with Gasteiger partial charge in [0.05, 0.1) is 0 Å². The highest BCUT2D eigenvalue weighted by Crippen LogP contribution is 2.58. The predicted molar refractivity (Wildman–Crippen MR) is 59.4 cm³/mol. The maximum absolute atomic E-state index is 2.33. The Morgan fingerprint density at radius 3 is 1.64 bits per heavy atom. The highest BCUT2D eigenvalue weighted by molar-refractivity contribution is 5.61. The molecule has 0 fully saturated rings. The summed E-state index contributed by atoms with van der Waals surface area (Å²) in [6.45, 7) is 4.66. The number of hydrogen-bond acceptors (Lipinski definition) is 0. The van der Waals surface area contributed by atoms with Gasteiger partial charge in [0.25, 0.3) is 0 Å². The van der Waals surface area contributed by atoms with Gasteiger partial charge in [0, 0.05) is 10.8 Å². The molecule has 14 heavy (non-hydrogen) atoms. The Morgan fingerprint density at radius 1 is 0.786 bits per heavy atom. The molecule has 2 unspecified atom stereocenters. The van der Waals surface area contributed by atoms with Gasteiger partial charge in [-0.1, -0.05) is 62.4 Å². The van der Waals surface area contributed by atoms with Crippen LogP contribution in [-0.4, -0.2) is 0 Å². The second kappa shape index (κ2) is 2.20. The monoisotopic (exact) mass is 182 g/mol. The third-order valence-electron chi connectivity index (χ3n) is 4.10. The second-order valence-electron chi connectivity index (χ2n) is 4.67. The van der Waals surface area contributed by atoms with Crippen LogP contribution >= 0.6 is 0 Å². The molecule has 70 valence electrons. The third-order valence-corrected chi connectivity index (χ3v) is 4.10. The van der Waals surface area contributed by atoms with Gasteiger partial charge in [-0.25, -0.2) is 0 Å². The fraction of sp³-hybridized carbons (Fsp3) is 0.286. The molecule has 0 bridgehead atoms. The molecular formula is C14H14. The average Bonchev–Trinajstić information content (AvgIpc) is 2.22. The Morgan fingerprint density at radius 2 is 1.21 bits per heavy atom. The van der Waals surface area contributed by atoms with Crippen LogP contribution in [0.3, 0.4) is 0 Å². The Bertz CT molecular complexity index is 410. The minimum atomic E-state index is 0.221. The van der Waals surface area contributed by atoms with Gasteiger partial charge in [0.2, 0.25) is 0 Å². The molecule has 0 heterocycles. The largest absolute Gasteiger partial charge is 0.0730 e. The van der Waals surface area contributed by atoms with E-state index < -0.39 is 0 Å². The SMILES string of the molecule is CC12C=CC=CC1(C)c1ccccc12. The maximum atomic E-state index is 2.33. The highest BCUT2D eigenvalue weighted by atomic mass is 14.6. The molecule has 1 aromatic rings. The summed E-state index contributed by atoms with van der Waals surface area (Å²) in [6.07, 6.45) is 8.99. The van der Waals surface area contributed by atoms with E-state index in [0.29, 0.717) is 0 Å². The second-order valence-corrected chi connectivity index (χ2v) is 4.67. The summed E-state index contributed by atoms with van der Waals surface area (Å²) >= 11 is 0. The molecule has 0 nitrogen and oxygen atoms in total. The first-order valence-electron chi connectivity index (χ1n) is 5.15. The lowest BCUT2D eigenvalue weighted by atomic mass is 9.47. The van der Waals surface area contributed by atoms with Crippen LogP contribution in [0, 0.1) is 0 Å². The molecule has 1 aromatic carbocycles. The lowest BCUT2D eigenvalue weighted by Gasteiger charge is -2.56. The summed E-state index contributed by atoms with van der Waals surface area (Å²) in [7, 11) is 0. The minimum Gasteiger partial charge on any atom is -0.0730 e. The fourth-order valence-corrected chi connectivity index (χ4v) is 2.91. The Kier molecular flexibility index (Phi) is 1.26. The van der Waals surface area contributed by atoms with Crippen LogP contribution in [0.1, 0.15) is 25.0 Å². The molecule has 2 aliphatic rings. The first kappa shape index (κ1) is 8.05. The quantitative estimate of drug-likeness (QED) is 0.577. The van der Waals surface area contributed by atoms with Crippen molar-refractivity contribution in [1.82, 2.24) is 0 Å². The van der Waals surface area contributed by atoms with Crippen LogP contribution in [-0.2, 0) is 10.8 Å². The van der Waals surface area contributed by atoms with Crippen LogP contribution in [0.4, 0.5) is 0 Å². The van der Waals surface area contributed by atoms with E-state index in [1.54, 1.807) is 0 Å². The molecule has 2 atom stereocenters. The number of allylic oxidation sites excluding steroid dienone is 4. The molecule has 0 saturated heterocycles. The Hall–Kier alpha value is -1.30. The van der Waals surface area contributed by atoms with Gasteiger partial charge in [-0.3, -0.25) is 0 Å². The zero-order valence-corrected chi connectivity index (χ0v) is 8.62. The Labute approximate surface area is 85.0 Å². The van der Waals surface area contributed by atoms with E-state index in [0.717, 1.165) is 0 Å². The van der Waals surface area contributed by atoms with E-state index in [2.05, 4.69) is 62.4 Å². The van der Waals surface area contributed by atoms with Crippen LogP contribution in [0.15, 0.2) is 48.6 Å². The molecular weight excluding hydrogens is 168 g/mol. The van der Waals surface area contributed by atoms with Crippen LogP contribution in [0.25, 0.3) is 0 Å². The molecule has 0 aromatic heterocycles. The number of hydrogen-bond donors (Lipinski definition) is 0. The molecule has 0 N–H and O–H groups in total. The summed E-state index contributed by atoms with van der Waals surface area (Å²) in [5, 5.41) is 0. The highest BCUT2D eigenvalue weighted by Gasteiger charge is 2.54. The smallest absolute Gasteiger partial charge is 0.0239 e. The minimum absolute atomic E-state index is 0.221. The molecule has 0 saturated carbocycles. The Balaban J connectivity index is 2.32. The van der Waals surface area contributed by atoms with E-state index >= 15 is 0 Å². The van der Waals surface area contributed by atoms with Crippen molar-refractivity contribution in [2.24, 2.45) is 0 Å². The summed E-state index contributed by atoms with van der Waals surface area (Å²) in [4.78, 5) is 0. The van der Waals surface area contributed by atoms with E-state index in [1.165, 1.54) is 11.1 Å². The molecule has 2 aliphatic carbocycles. The topological polar surface area (TPSA) is 0 Å². The lowest BCUT2D eigenvalue weighted by molar-refractivity contribution is 0.316. The molecule has 0 amide bonds. The summed E-state index contributed by atoms with van der Waals surface area (Å²) in [6, 6.07) is 8.77. The first-order chi connectivity index (χ1) is 6.68. The molecule has 0 radical (unpaired) electrons. The van der Waals surface area contributed by atoms with Crippen molar-refractivity contribution in [3.63, 3.8) is 0 Å². The molecule has 0 heteroatoms. The van der Waals surface area contributed by atoms with Crippen LogP contribution < -0.4 is 0 Å². The fourth-order valence-electron chi connectivity index (χ4n) is 2.91. The van der Waals surface area contributed by atoms with Crippen molar-refractivity contribution in [1.29, 1.82) is 0 Å². The molecule has 3 rings (SSSR count). The zero-order valence-electron chi connectivity index (χ0n) is 8.62. The van der Waals surface area contributed by atoms with Gasteiger partial charge in [0.15, 0.2) is 0 Å². The standard InChI is InChI=1S/C14H14/c1-13-9-5-6-10-14(13,2)12-8-4-3-7-11(12)13/h3-10H,1-2H3. The van der Waals surface area contributed by atoms with Crippen molar-refractivity contribution in [2.75, 3.05) is 0 Å². The van der Waals surface area contributed by atoms with Crippen molar-refractivity contribution in [3.05, 3.63) is 59.7 Å². The van der Waals surface area contributed by atoms with Crippen molar-refractivity contribution in [3.8, 4) is 0 Å². The predicted octanol–water partition coefficient (Wildman–Crippen LogP) is 3.34. The van der Waals surface area contributed by atoms with Crippen molar-refractivity contribution >= 4 is 0 Å². The van der Waals surface area contributed by atoms with E-state index in [1.807, 2.05) is 0 Å². The number of rotatable bonds is 0. The van der Waals surface area contributed by atoms with Crippen LogP contribution in [0.2, 0.25) is 0 Å². The molecule has 0 aliphatic heterocycles. The zero-order chi connectivity index (χ0) is 9.81. The summed E-state index contributed by atoms with van der Waals surface area (Å²) < 4.78 is 0. The van der Waals surface area contributed by atoms with E-state index in [-0.39, 0.29) is 10.8 Å². The van der Waals surface area contributed by atoms with Crippen LogP contribution in [0.5, 0.6) is 0 Å². The maximum Gasteiger partial charge on any atom is 0.0239 e. The first-order valence-corrected chi connectivity index (χ1v) is 5.15. The van der Waals surface area contributed by atoms with Crippen molar-refractivity contribution in [2.45, 2.75) is 24.7 Å². The van der Waals surface area contributed by atoms with Crippen molar-refractivity contribution < 1.29 is 0 Å². The van der Waals surface area contributed by atoms with Gasteiger partial charge >= 0.3 is 0 Å². The van der Waals surface area contributed by atoms with Gasteiger partial charge in [-0.2, -0.15) is 0 Å². The number of benzene rings is 1.